The first-order valence-electron chi connectivity index (χ1n) is 8.61. The van der Waals surface area contributed by atoms with E-state index in [1.165, 1.54) is 11.3 Å². The average molecular weight is 381 g/mol. The minimum Gasteiger partial charge on any atom is -0.493 e. The molecule has 0 atom stereocenters. The summed E-state index contributed by atoms with van der Waals surface area (Å²) in [6.07, 6.45) is 0.830. The summed E-state index contributed by atoms with van der Waals surface area (Å²) >= 11 is 1.27. The van der Waals surface area contributed by atoms with Crippen molar-refractivity contribution in [1.82, 2.24) is 10.2 Å². The molecule has 1 N–H and O–H groups in total. The molecule has 0 aliphatic carbocycles. The molecule has 0 aliphatic heterocycles. The van der Waals surface area contributed by atoms with Gasteiger partial charge in [0.25, 0.3) is 5.91 Å². The fourth-order valence-electron chi connectivity index (χ4n) is 2.49. The van der Waals surface area contributed by atoms with Gasteiger partial charge in [-0.15, -0.1) is 10.2 Å². The highest BCUT2D eigenvalue weighted by Gasteiger charge is 2.15. The molecule has 3 aromatic rings. The number of hydrogen-bond acceptors (Lipinski definition) is 6. The number of ketones is 1. The van der Waals surface area contributed by atoms with Gasteiger partial charge in [0.15, 0.2) is 5.78 Å². The molecule has 0 saturated heterocycles. The molecule has 0 bridgehead atoms. The van der Waals surface area contributed by atoms with Crippen LogP contribution in [0.4, 0.5) is 5.13 Å². The van der Waals surface area contributed by atoms with Gasteiger partial charge in [0.1, 0.15) is 10.8 Å². The Hall–Kier alpha value is -3.06. The van der Waals surface area contributed by atoms with Crippen LogP contribution in [0.3, 0.4) is 0 Å². The van der Waals surface area contributed by atoms with Crippen LogP contribution in [0.5, 0.6) is 5.75 Å². The molecule has 0 saturated carbocycles. The number of amides is 1. The fourth-order valence-corrected chi connectivity index (χ4v) is 3.23. The van der Waals surface area contributed by atoms with Gasteiger partial charge in [0.05, 0.1) is 12.2 Å². The van der Waals surface area contributed by atoms with Crippen LogP contribution in [0.15, 0.2) is 54.6 Å². The normalized spacial score (nSPS) is 10.4. The van der Waals surface area contributed by atoms with Crippen molar-refractivity contribution in [2.45, 2.75) is 19.8 Å². The van der Waals surface area contributed by atoms with Crippen molar-refractivity contribution in [2.24, 2.45) is 0 Å². The second kappa shape index (κ2) is 9.05. The highest BCUT2D eigenvalue weighted by Crippen LogP contribution is 2.22. The summed E-state index contributed by atoms with van der Waals surface area (Å²) < 4.78 is 5.48. The van der Waals surface area contributed by atoms with Gasteiger partial charge in [0.2, 0.25) is 5.13 Å². The van der Waals surface area contributed by atoms with Gasteiger partial charge in [-0.1, -0.05) is 53.8 Å². The van der Waals surface area contributed by atoms with Crippen LogP contribution in [0.1, 0.15) is 39.1 Å². The number of carbonyl (C=O) groups is 2. The highest BCUT2D eigenvalue weighted by molar-refractivity contribution is 7.15. The third-order valence-corrected chi connectivity index (χ3v) is 4.68. The summed E-state index contributed by atoms with van der Waals surface area (Å²) in [6.45, 7) is 2.34. The lowest BCUT2D eigenvalue weighted by Crippen LogP contribution is -2.13. The van der Waals surface area contributed by atoms with E-state index < -0.39 is 0 Å². The molecule has 0 aliphatic rings. The van der Waals surface area contributed by atoms with Crippen LogP contribution in [0.25, 0.3) is 0 Å². The predicted octanol–water partition coefficient (Wildman–Crippen LogP) is 4.00. The molecule has 7 heteroatoms. The maximum atomic E-state index is 12.5. The lowest BCUT2D eigenvalue weighted by molar-refractivity contribution is 0.0981. The Bertz CT molecular complexity index is 925. The van der Waals surface area contributed by atoms with Crippen LogP contribution < -0.4 is 10.1 Å². The number of anilines is 1. The van der Waals surface area contributed by atoms with Gasteiger partial charge in [0, 0.05) is 18.4 Å². The molecule has 2 aromatic carbocycles. The molecule has 1 amide bonds. The number of hydrogen-bond donors (Lipinski definition) is 1. The molecule has 27 heavy (non-hydrogen) atoms. The number of Topliss-reactive ketones (excluding diaryl/α,β-unsaturated/α-hetero) is 1. The number of carbonyl (C=O) groups excluding carboxylic acids is 2. The molecule has 6 nitrogen and oxygen atoms in total. The Kier molecular flexibility index (Phi) is 6.27. The maximum Gasteiger partial charge on any atom is 0.261 e. The third-order valence-electron chi connectivity index (χ3n) is 3.78. The summed E-state index contributed by atoms with van der Waals surface area (Å²) in [5.41, 5.74) is 1.12. The largest absolute Gasteiger partial charge is 0.493 e. The van der Waals surface area contributed by atoms with Crippen LogP contribution in [-0.4, -0.2) is 28.5 Å². The maximum absolute atomic E-state index is 12.5. The molecule has 0 spiro atoms. The Labute approximate surface area is 161 Å². The number of nitrogens with one attached hydrogen (secondary N) is 1. The molecule has 0 unspecified atom stereocenters. The van der Waals surface area contributed by atoms with E-state index in [1.807, 2.05) is 31.2 Å². The first kappa shape index (κ1) is 18.7. The molecule has 0 fully saturated rings. The van der Waals surface area contributed by atoms with Crippen LogP contribution >= 0.6 is 11.3 Å². The minimum absolute atomic E-state index is 0.0574. The van der Waals surface area contributed by atoms with E-state index in [4.69, 9.17) is 4.74 Å². The summed E-state index contributed by atoms with van der Waals surface area (Å²) in [7, 11) is 0. The van der Waals surface area contributed by atoms with E-state index in [-0.39, 0.29) is 11.7 Å². The van der Waals surface area contributed by atoms with Crippen LogP contribution in [-0.2, 0) is 6.42 Å². The minimum atomic E-state index is -0.304. The lowest BCUT2D eigenvalue weighted by atomic mass is 10.1. The average Bonchev–Trinajstić information content (AvgIpc) is 3.14. The van der Waals surface area contributed by atoms with Gasteiger partial charge in [-0.25, -0.2) is 0 Å². The number of aromatic nitrogens is 2. The Morgan fingerprint density at radius 1 is 1.04 bits per heavy atom. The summed E-state index contributed by atoms with van der Waals surface area (Å²) in [4.78, 5) is 24.6. The summed E-state index contributed by atoms with van der Waals surface area (Å²) in [5.74, 6) is 0.278. The van der Waals surface area contributed by atoms with Gasteiger partial charge in [-0.3, -0.25) is 14.9 Å². The molecule has 3 rings (SSSR count). The second-order valence-corrected chi connectivity index (χ2v) is 6.74. The number of rotatable bonds is 8. The summed E-state index contributed by atoms with van der Waals surface area (Å²) in [6, 6.07) is 16.2. The molecular weight excluding hydrogens is 362 g/mol. The standard InChI is InChI=1S/C20H19N3O3S/c1-2-26-17-11-7-6-10-15(17)19(25)21-20-23-22-18(27-20)13-12-16(24)14-8-4-3-5-9-14/h3-11H,2,12-13H2,1H3,(H,21,23,25). The van der Waals surface area contributed by atoms with Crippen LogP contribution in [0, 0.1) is 0 Å². The molecular formula is C20H19N3O3S. The smallest absolute Gasteiger partial charge is 0.261 e. The molecule has 0 radical (unpaired) electrons. The third kappa shape index (κ3) is 4.98. The second-order valence-electron chi connectivity index (χ2n) is 5.67. The SMILES string of the molecule is CCOc1ccccc1C(=O)Nc1nnc(CCC(=O)c2ccccc2)s1. The quantitative estimate of drug-likeness (QED) is 0.596. The van der Waals surface area contributed by atoms with Crippen molar-refractivity contribution in [2.75, 3.05) is 11.9 Å². The van der Waals surface area contributed by atoms with Crippen molar-refractivity contribution in [1.29, 1.82) is 0 Å². The van der Waals surface area contributed by atoms with Gasteiger partial charge in [-0.05, 0) is 19.1 Å². The van der Waals surface area contributed by atoms with Crippen molar-refractivity contribution in [3.05, 3.63) is 70.7 Å². The monoisotopic (exact) mass is 381 g/mol. The fraction of sp³-hybridized carbons (Fsp3) is 0.200. The number of benzene rings is 2. The predicted molar refractivity (Wildman–Crippen MR) is 105 cm³/mol. The molecule has 138 valence electrons. The zero-order valence-corrected chi connectivity index (χ0v) is 15.7. The van der Waals surface area contributed by atoms with E-state index >= 15 is 0 Å². The zero-order chi connectivity index (χ0) is 19.1. The van der Waals surface area contributed by atoms with E-state index in [1.54, 1.807) is 30.3 Å². The Morgan fingerprint density at radius 2 is 1.78 bits per heavy atom. The van der Waals surface area contributed by atoms with E-state index in [9.17, 15) is 9.59 Å². The zero-order valence-electron chi connectivity index (χ0n) is 14.8. The Balaban J connectivity index is 1.59. The number of nitrogens with zero attached hydrogens (tertiary/aromatic N) is 2. The van der Waals surface area contributed by atoms with Gasteiger partial charge < -0.3 is 4.74 Å². The van der Waals surface area contributed by atoms with Crippen molar-refractivity contribution in [3.63, 3.8) is 0 Å². The van der Waals surface area contributed by atoms with Crippen molar-refractivity contribution < 1.29 is 14.3 Å². The Morgan fingerprint density at radius 3 is 2.56 bits per heavy atom. The van der Waals surface area contributed by atoms with Gasteiger partial charge in [-0.2, -0.15) is 0 Å². The summed E-state index contributed by atoms with van der Waals surface area (Å²) in [5, 5.41) is 11.9. The highest BCUT2D eigenvalue weighted by atomic mass is 32.1. The molecule has 1 aromatic heterocycles. The van der Waals surface area contributed by atoms with E-state index in [2.05, 4.69) is 15.5 Å². The van der Waals surface area contributed by atoms with E-state index in [0.29, 0.717) is 46.5 Å². The first-order valence-corrected chi connectivity index (χ1v) is 9.43. The topological polar surface area (TPSA) is 81.2 Å². The van der Waals surface area contributed by atoms with Gasteiger partial charge >= 0.3 is 0 Å². The number of ether oxygens (including phenoxy) is 1. The molecule has 1 heterocycles. The first-order chi connectivity index (χ1) is 13.2. The van der Waals surface area contributed by atoms with Crippen molar-refractivity contribution >= 4 is 28.2 Å². The number of aryl methyl sites for hydroxylation is 1. The van der Waals surface area contributed by atoms with Crippen molar-refractivity contribution in [3.8, 4) is 5.75 Å². The number of para-hydroxylation sites is 1. The van der Waals surface area contributed by atoms with Crippen LogP contribution in [0.2, 0.25) is 0 Å². The van der Waals surface area contributed by atoms with E-state index in [0.717, 1.165) is 0 Å². The lowest BCUT2D eigenvalue weighted by Gasteiger charge is -2.08.